The standard InChI is InChI=1S/C20H24O6/c1-20-5-4-12-13(9-26-19(12)25)15(20)6-16(23)17-14(20)3-2-11(18(17)24)10(7-21)8-22/h2-3,10,15-16,21-24H,4-9H2,1H3/t15-,16-,20+/m0/s1. The van der Waals surface area contributed by atoms with Gasteiger partial charge in [0.25, 0.3) is 0 Å². The van der Waals surface area contributed by atoms with Crippen LogP contribution in [0.5, 0.6) is 5.75 Å². The molecule has 3 aliphatic rings. The summed E-state index contributed by atoms with van der Waals surface area (Å²) in [6.07, 6.45) is 0.922. The fourth-order valence-electron chi connectivity index (χ4n) is 5.08. The van der Waals surface area contributed by atoms with Crippen molar-refractivity contribution in [3.05, 3.63) is 40.0 Å². The Bertz CT molecular complexity index is 794. The molecule has 0 amide bonds. The first-order valence-electron chi connectivity index (χ1n) is 9.07. The quantitative estimate of drug-likeness (QED) is 0.607. The first-order chi connectivity index (χ1) is 12.4. The van der Waals surface area contributed by atoms with Gasteiger partial charge in [0.05, 0.1) is 19.3 Å². The van der Waals surface area contributed by atoms with Gasteiger partial charge >= 0.3 is 5.97 Å². The number of carbonyl (C=O) groups is 1. The van der Waals surface area contributed by atoms with Crippen LogP contribution in [0.15, 0.2) is 23.3 Å². The summed E-state index contributed by atoms with van der Waals surface area (Å²) >= 11 is 0. The van der Waals surface area contributed by atoms with E-state index in [0.29, 0.717) is 24.0 Å². The lowest BCUT2D eigenvalue weighted by atomic mass is 9.56. The van der Waals surface area contributed by atoms with Crippen LogP contribution in [0.1, 0.15) is 54.9 Å². The molecule has 0 saturated heterocycles. The van der Waals surface area contributed by atoms with Crippen LogP contribution in [0.4, 0.5) is 0 Å². The third-order valence-corrected chi connectivity index (χ3v) is 6.61. The summed E-state index contributed by atoms with van der Waals surface area (Å²) in [5.41, 5.74) is 3.26. The Labute approximate surface area is 151 Å². The number of phenols is 1. The average Bonchev–Trinajstić information content (AvgIpc) is 3.00. The molecule has 0 aromatic heterocycles. The van der Waals surface area contributed by atoms with Crippen molar-refractivity contribution in [3.63, 3.8) is 0 Å². The monoisotopic (exact) mass is 360 g/mol. The van der Waals surface area contributed by atoms with E-state index in [9.17, 15) is 25.2 Å². The fourth-order valence-corrected chi connectivity index (χ4v) is 5.08. The van der Waals surface area contributed by atoms with E-state index in [-0.39, 0.29) is 42.9 Å². The first-order valence-corrected chi connectivity index (χ1v) is 9.07. The van der Waals surface area contributed by atoms with E-state index >= 15 is 0 Å². The van der Waals surface area contributed by atoms with Crippen molar-refractivity contribution in [2.75, 3.05) is 19.8 Å². The molecule has 0 saturated carbocycles. The van der Waals surface area contributed by atoms with Crippen molar-refractivity contribution < 1.29 is 30.0 Å². The molecule has 3 atom stereocenters. The molecule has 140 valence electrons. The maximum Gasteiger partial charge on any atom is 0.334 e. The van der Waals surface area contributed by atoms with Crippen molar-refractivity contribution in [1.29, 1.82) is 0 Å². The number of aliphatic hydroxyl groups is 3. The van der Waals surface area contributed by atoms with E-state index in [1.54, 1.807) is 6.07 Å². The number of carbonyl (C=O) groups excluding carboxylic acids is 1. The Morgan fingerprint density at radius 3 is 2.73 bits per heavy atom. The number of aliphatic hydroxyl groups excluding tert-OH is 3. The summed E-state index contributed by atoms with van der Waals surface area (Å²) in [6, 6.07) is 3.62. The second kappa shape index (κ2) is 6.08. The lowest BCUT2D eigenvalue weighted by molar-refractivity contribution is -0.136. The van der Waals surface area contributed by atoms with Gasteiger partial charge in [0.1, 0.15) is 12.4 Å². The third-order valence-electron chi connectivity index (χ3n) is 6.61. The van der Waals surface area contributed by atoms with E-state index in [4.69, 9.17) is 4.74 Å². The Morgan fingerprint density at radius 2 is 2.04 bits per heavy atom. The predicted molar refractivity (Wildman–Crippen MR) is 92.7 cm³/mol. The Morgan fingerprint density at radius 1 is 1.31 bits per heavy atom. The molecule has 1 aliphatic heterocycles. The van der Waals surface area contributed by atoms with Crippen molar-refractivity contribution >= 4 is 5.97 Å². The van der Waals surface area contributed by atoms with Crippen LogP contribution in [0, 0.1) is 5.92 Å². The highest BCUT2D eigenvalue weighted by molar-refractivity contribution is 5.92. The predicted octanol–water partition coefficient (Wildman–Crippen LogP) is 1.42. The SMILES string of the molecule is C[C@]12CCC3=C(COC3=O)[C@@H]1C[C@H](O)c1c2ccc(C(CO)CO)c1O. The second-order valence-electron chi connectivity index (χ2n) is 7.83. The van der Waals surface area contributed by atoms with E-state index in [2.05, 4.69) is 6.92 Å². The minimum atomic E-state index is -0.872. The van der Waals surface area contributed by atoms with Crippen LogP contribution >= 0.6 is 0 Å². The van der Waals surface area contributed by atoms with Crippen molar-refractivity contribution in [3.8, 4) is 5.75 Å². The summed E-state index contributed by atoms with van der Waals surface area (Å²) in [6.45, 7) is 1.84. The molecule has 4 N–H and O–H groups in total. The number of phenolic OH excluding ortho intramolecular Hbond substituents is 1. The topological polar surface area (TPSA) is 107 Å². The molecule has 1 aromatic rings. The molecule has 2 aliphatic carbocycles. The molecule has 1 aromatic carbocycles. The van der Waals surface area contributed by atoms with Gasteiger partial charge in [-0.2, -0.15) is 0 Å². The van der Waals surface area contributed by atoms with Crippen molar-refractivity contribution in [2.45, 2.75) is 43.6 Å². The van der Waals surface area contributed by atoms with Crippen molar-refractivity contribution in [2.24, 2.45) is 5.92 Å². The molecule has 4 rings (SSSR count). The Kier molecular flexibility index (Phi) is 4.10. The molecule has 1 heterocycles. The van der Waals surface area contributed by atoms with E-state index in [1.165, 1.54) is 0 Å². The number of esters is 1. The maximum atomic E-state index is 11.9. The first kappa shape index (κ1) is 17.5. The minimum absolute atomic E-state index is 0.00284. The molecule has 0 fully saturated rings. The normalized spacial score (nSPS) is 30.1. The zero-order valence-electron chi connectivity index (χ0n) is 14.7. The molecule has 26 heavy (non-hydrogen) atoms. The van der Waals surface area contributed by atoms with E-state index in [1.807, 2.05) is 6.07 Å². The smallest absolute Gasteiger partial charge is 0.334 e. The van der Waals surface area contributed by atoms with Gasteiger partial charge in [-0.15, -0.1) is 0 Å². The molecular weight excluding hydrogens is 336 g/mol. The van der Waals surface area contributed by atoms with Crippen LogP contribution in [0.3, 0.4) is 0 Å². The van der Waals surface area contributed by atoms with Gasteiger partial charge < -0.3 is 25.2 Å². The lowest BCUT2D eigenvalue weighted by Crippen LogP contribution is -2.42. The highest BCUT2D eigenvalue weighted by Crippen LogP contribution is 2.57. The largest absolute Gasteiger partial charge is 0.507 e. The molecule has 6 nitrogen and oxygen atoms in total. The van der Waals surface area contributed by atoms with E-state index in [0.717, 1.165) is 23.1 Å². The molecule has 6 heteroatoms. The third kappa shape index (κ3) is 2.25. The van der Waals surface area contributed by atoms with Crippen LogP contribution in [-0.2, 0) is 14.9 Å². The number of benzene rings is 1. The summed E-state index contributed by atoms with van der Waals surface area (Å²) in [5, 5.41) is 40.5. The molecule has 0 spiro atoms. The summed E-state index contributed by atoms with van der Waals surface area (Å²) in [4.78, 5) is 11.9. The van der Waals surface area contributed by atoms with Gasteiger partial charge in [0.15, 0.2) is 0 Å². The number of fused-ring (bicyclic) bond motifs is 4. The summed E-state index contributed by atoms with van der Waals surface area (Å²) in [7, 11) is 0. The highest BCUT2D eigenvalue weighted by atomic mass is 16.5. The highest BCUT2D eigenvalue weighted by Gasteiger charge is 2.51. The van der Waals surface area contributed by atoms with Crippen LogP contribution in [-0.4, -0.2) is 46.2 Å². The Balaban J connectivity index is 1.84. The van der Waals surface area contributed by atoms with Crippen molar-refractivity contribution in [1.82, 2.24) is 0 Å². The Hall–Kier alpha value is -1.89. The second-order valence-corrected chi connectivity index (χ2v) is 7.83. The summed E-state index contributed by atoms with van der Waals surface area (Å²) < 4.78 is 5.22. The zero-order chi connectivity index (χ0) is 18.6. The molecule has 0 radical (unpaired) electrons. The lowest BCUT2D eigenvalue weighted by Gasteiger charge is -2.48. The molecule has 0 unspecified atom stereocenters. The van der Waals surface area contributed by atoms with Crippen LogP contribution in [0.2, 0.25) is 0 Å². The van der Waals surface area contributed by atoms with E-state index < -0.39 is 12.0 Å². The number of ether oxygens (including phenoxy) is 1. The number of rotatable bonds is 3. The average molecular weight is 360 g/mol. The summed E-state index contributed by atoms with van der Waals surface area (Å²) in [5.74, 6) is -0.868. The number of aromatic hydroxyl groups is 1. The maximum absolute atomic E-state index is 11.9. The van der Waals surface area contributed by atoms with Gasteiger partial charge in [-0.25, -0.2) is 4.79 Å². The van der Waals surface area contributed by atoms with Gasteiger partial charge in [0.2, 0.25) is 0 Å². The minimum Gasteiger partial charge on any atom is -0.507 e. The zero-order valence-corrected chi connectivity index (χ0v) is 14.7. The number of hydrogen-bond acceptors (Lipinski definition) is 6. The molecule has 0 bridgehead atoms. The van der Waals surface area contributed by atoms with Gasteiger partial charge in [0, 0.05) is 28.0 Å². The molecular formula is C20H24O6. The van der Waals surface area contributed by atoms with Gasteiger partial charge in [-0.1, -0.05) is 19.1 Å². The van der Waals surface area contributed by atoms with Gasteiger partial charge in [-0.05, 0) is 36.3 Å². The number of hydrogen-bond donors (Lipinski definition) is 4. The van der Waals surface area contributed by atoms with Gasteiger partial charge in [-0.3, -0.25) is 0 Å². The number of cyclic esters (lactones) is 1. The van der Waals surface area contributed by atoms with Crippen LogP contribution in [0.25, 0.3) is 0 Å². The van der Waals surface area contributed by atoms with Crippen LogP contribution < -0.4 is 0 Å². The fraction of sp³-hybridized carbons (Fsp3) is 0.550.